The number of hydrogen-bond donors (Lipinski definition) is 2. The van der Waals surface area contributed by atoms with Crippen LogP contribution in [-0.2, 0) is 0 Å². The second-order valence-corrected chi connectivity index (χ2v) is 10.9. The fourth-order valence-corrected chi connectivity index (χ4v) is 7.50. The molecule has 0 amide bonds. The summed E-state index contributed by atoms with van der Waals surface area (Å²) in [6.45, 7) is 4.17. The van der Waals surface area contributed by atoms with Gasteiger partial charge in [-0.3, -0.25) is 0 Å². The lowest BCUT2D eigenvalue weighted by molar-refractivity contribution is -0.0514. The number of anilines is 1. The molecule has 170 valence electrons. The van der Waals surface area contributed by atoms with Gasteiger partial charge in [0.1, 0.15) is 5.60 Å². The Bertz CT molecular complexity index is 1020. The Hall–Kier alpha value is -2.02. The van der Waals surface area contributed by atoms with Gasteiger partial charge < -0.3 is 15.1 Å². The molecule has 2 saturated carbocycles. The van der Waals surface area contributed by atoms with Gasteiger partial charge >= 0.3 is 0 Å². The van der Waals surface area contributed by atoms with Gasteiger partial charge in [-0.15, -0.1) is 5.92 Å². The zero-order valence-electron chi connectivity index (χ0n) is 20.0. The Labute approximate surface area is 193 Å². The van der Waals surface area contributed by atoms with Crippen LogP contribution in [0, 0.1) is 29.1 Å². The summed E-state index contributed by atoms with van der Waals surface area (Å²) in [6, 6.07) is 9.04. The number of nitrogens with zero attached hydrogens (tertiary/aromatic N) is 1. The fraction of sp³-hybridized carbons (Fsp3) is 0.586. The summed E-state index contributed by atoms with van der Waals surface area (Å²) in [5.41, 5.74) is 5.98. The van der Waals surface area contributed by atoms with Crippen LogP contribution in [0.15, 0.2) is 47.1 Å². The van der Waals surface area contributed by atoms with E-state index in [-0.39, 0.29) is 11.5 Å². The van der Waals surface area contributed by atoms with Crippen LogP contribution in [0.4, 0.5) is 5.69 Å². The van der Waals surface area contributed by atoms with E-state index in [0.29, 0.717) is 17.8 Å². The maximum atomic E-state index is 11.7. The van der Waals surface area contributed by atoms with Gasteiger partial charge in [-0.2, -0.15) is 0 Å². The molecule has 2 fully saturated rings. The van der Waals surface area contributed by atoms with Gasteiger partial charge in [0.25, 0.3) is 0 Å². The van der Waals surface area contributed by atoms with Crippen LogP contribution in [0.5, 0.6) is 0 Å². The van der Waals surface area contributed by atoms with Gasteiger partial charge in [0.2, 0.25) is 0 Å². The first-order valence-corrected chi connectivity index (χ1v) is 12.3. The number of fused-ring (bicyclic) bond motifs is 4. The van der Waals surface area contributed by atoms with Crippen LogP contribution < -0.4 is 4.90 Å². The Balaban J connectivity index is 1.66. The van der Waals surface area contributed by atoms with Crippen molar-refractivity contribution in [3.05, 3.63) is 52.6 Å². The van der Waals surface area contributed by atoms with E-state index in [9.17, 15) is 10.2 Å². The highest BCUT2D eigenvalue weighted by Gasteiger charge is 2.62. The first-order chi connectivity index (χ1) is 15.3. The largest absolute Gasteiger partial charge is 0.389 e. The third kappa shape index (κ3) is 3.18. The molecule has 0 radical (unpaired) electrons. The van der Waals surface area contributed by atoms with Crippen molar-refractivity contribution in [2.45, 2.75) is 76.4 Å². The van der Waals surface area contributed by atoms with Crippen molar-refractivity contribution in [2.24, 2.45) is 17.3 Å². The summed E-state index contributed by atoms with van der Waals surface area (Å²) < 4.78 is 0. The minimum atomic E-state index is -0.899. The van der Waals surface area contributed by atoms with Crippen LogP contribution in [0.2, 0.25) is 0 Å². The molecule has 0 saturated heterocycles. The second-order valence-electron chi connectivity index (χ2n) is 10.9. The Kier molecular flexibility index (Phi) is 5.31. The smallest absolute Gasteiger partial charge is 0.131 e. The number of benzene rings is 1. The molecule has 0 heterocycles. The summed E-state index contributed by atoms with van der Waals surface area (Å²) in [5.74, 6) is 7.58. The highest BCUT2D eigenvalue weighted by Crippen LogP contribution is 2.66. The molecule has 0 aromatic heterocycles. The molecule has 0 bridgehead atoms. The molecule has 4 aliphatic carbocycles. The molecule has 6 atom stereocenters. The highest BCUT2D eigenvalue weighted by molar-refractivity contribution is 5.52. The molecule has 4 aliphatic rings. The first-order valence-electron chi connectivity index (χ1n) is 12.3. The lowest BCUT2D eigenvalue weighted by Gasteiger charge is -2.54. The van der Waals surface area contributed by atoms with E-state index in [4.69, 9.17) is 0 Å². The van der Waals surface area contributed by atoms with Crippen LogP contribution in [0.1, 0.15) is 70.3 Å². The summed E-state index contributed by atoms with van der Waals surface area (Å²) in [7, 11) is 4.16. The molecule has 32 heavy (non-hydrogen) atoms. The van der Waals surface area contributed by atoms with Gasteiger partial charge in [-0.1, -0.05) is 36.6 Å². The van der Waals surface area contributed by atoms with Gasteiger partial charge in [-0.25, -0.2) is 0 Å². The maximum absolute atomic E-state index is 11.7. The average molecular weight is 432 g/mol. The summed E-state index contributed by atoms with van der Waals surface area (Å²) in [4.78, 5) is 2.14. The van der Waals surface area contributed by atoms with Crippen molar-refractivity contribution in [3.8, 4) is 11.8 Å². The standard InChI is InChI=1S/C29H37NO2/c1-5-15-29(32)16-14-26-24-12-8-20-17-22(31)11-13-23(20)27(24)25(18-28(26,29)2)19-6-9-21(10-7-19)30(3)4/h6-7,9-10,17,22,24-26,31-32H,8,11-14,16,18H2,1-4H3/t22?,24?,25?,26?,28-,29-/m0/s1. The number of allylic oxidation sites excluding steroid dienone is 3. The SMILES string of the molecule is CC#C[C@]1(O)CCC2C3CCC4=CC(O)CCC4=C3C(c3ccc(N(C)C)cc3)C[C@@]21C. The molecular weight excluding hydrogens is 394 g/mol. The van der Waals surface area contributed by atoms with Crippen molar-refractivity contribution in [1.29, 1.82) is 0 Å². The van der Waals surface area contributed by atoms with E-state index in [1.807, 2.05) is 6.92 Å². The zero-order chi connectivity index (χ0) is 22.7. The lowest BCUT2D eigenvalue weighted by Crippen LogP contribution is -2.51. The van der Waals surface area contributed by atoms with Gasteiger partial charge in [0.15, 0.2) is 0 Å². The van der Waals surface area contributed by atoms with Crippen molar-refractivity contribution < 1.29 is 10.2 Å². The fourth-order valence-electron chi connectivity index (χ4n) is 7.50. The van der Waals surface area contributed by atoms with E-state index >= 15 is 0 Å². The van der Waals surface area contributed by atoms with Gasteiger partial charge in [0.05, 0.1) is 6.10 Å². The summed E-state index contributed by atoms with van der Waals surface area (Å²) >= 11 is 0. The average Bonchev–Trinajstić information content (AvgIpc) is 3.03. The number of hydrogen-bond acceptors (Lipinski definition) is 3. The number of aliphatic hydroxyl groups is 2. The first kappa shape index (κ1) is 21.8. The monoisotopic (exact) mass is 431 g/mol. The zero-order valence-corrected chi connectivity index (χ0v) is 20.0. The quantitative estimate of drug-likeness (QED) is 0.633. The van der Waals surface area contributed by atoms with E-state index in [2.05, 4.69) is 68.1 Å². The van der Waals surface area contributed by atoms with Crippen molar-refractivity contribution in [2.75, 3.05) is 19.0 Å². The maximum Gasteiger partial charge on any atom is 0.131 e. The molecule has 3 nitrogen and oxygen atoms in total. The molecule has 4 unspecified atom stereocenters. The molecule has 5 rings (SSSR count). The predicted octanol–water partition coefficient (Wildman–Crippen LogP) is 5.20. The molecule has 0 aliphatic heterocycles. The highest BCUT2D eigenvalue weighted by atomic mass is 16.3. The van der Waals surface area contributed by atoms with E-state index < -0.39 is 5.60 Å². The van der Waals surface area contributed by atoms with Crippen molar-refractivity contribution in [1.82, 2.24) is 0 Å². The summed E-state index contributed by atoms with van der Waals surface area (Å²) in [5, 5.41) is 22.0. The lowest BCUT2D eigenvalue weighted by atomic mass is 9.51. The van der Waals surface area contributed by atoms with E-state index in [1.54, 1.807) is 5.57 Å². The molecule has 1 aromatic carbocycles. The third-order valence-electron chi connectivity index (χ3n) is 9.16. The second kappa shape index (κ2) is 7.79. The third-order valence-corrected chi connectivity index (χ3v) is 9.16. The van der Waals surface area contributed by atoms with Crippen molar-refractivity contribution in [3.63, 3.8) is 0 Å². The minimum absolute atomic E-state index is 0.203. The molecule has 1 aromatic rings. The number of rotatable bonds is 2. The predicted molar refractivity (Wildman–Crippen MR) is 130 cm³/mol. The number of aliphatic hydroxyl groups excluding tert-OH is 1. The normalized spacial score (nSPS) is 38.1. The molecule has 2 N–H and O–H groups in total. The Morgan fingerprint density at radius 3 is 2.50 bits per heavy atom. The van der Waals surface area contributed by atoms with Gasteiger partial charge in [-0.05, 0) is 92.5 Å². The minimum Gasteiger partial charge on any atom is -0.389 e. The van der Waals surface area contributed by atoms with Crippen LogP contribution >= 0.6 is 0 Å². The molecular formula is C29H37NO2. The van der Waals surface area contributed by atoms with Crippen LogP contribution in [0.25, 0.3) is 0 Å². The molecule has 0 spiro atoms. The van der Waals surface area contributed by atoms with E-state index in [1.165, 1.54) is 22.4 Å². The summed E-state index contributed by atoms with van der Waals surface area (Å²) in [6.07, 6.45) is 8.58. The van der Waals surface area contributed by atoms with E-state index in [0.717, 1.165) is 44.9 Å². The Morgan fingerprint density at radius 1 is 1.06 bits per heavy atom. The van der Waals surface area contributed by atoms with Gasteiger partial charge in [0, 0.05) is 31.1 Å². The van der Waals surface area contributed by atoms with Crippen LogP contribution in [0.3, 0.4) is 0 Å². The van der Waals surface area contributed by atoms with Crippen LogP contribution in [-0.4, -0.2) is 36.0 Å². The topological polar surface area (TPSA) is 43.7 Å². The van der Waals surface area contributed by atoms with Crippen molar-refractivity contribution >= 4 is 5.69 Å². The Morgan fingerprint density at radius 2 is 1.81 bits per heavy atom. The molecule has 3 heteroatoms.